The molecule has 19 heavy (non-hydrogen) atoms. The number of para-hydroxylation sites is 1. The molecule has 0 aliphatic carbocycles. The van der Waals surface area contributed by atoms with Crippen LogP contribution < -0.4 is 10.2 Å². The van der Waals surface area contributed by atoms with Gasteiger partial charge in [0.25, 0.3) is 5.91 Å². The van der Waals surface area contributed by atoms with Crippen LogP contribution in [0.4, 0.5) is 5.69 Å². The van der Waals surface area contributed by atoms with E-state index in [9.17, 15) is 4.79 Å². The third kappa shape index (κ3) is 2.75. The van der Waals surface area contributed by atoms with Crippen molar-refractivity contribution in [1.29, 1.82) is 0 Å². The smallest absolute Gasteiger partial charge is 0.255 e. The van der Waals surface area contributed by atoms with Crippen molar-refractivity contribution < 1.29 is 4.79 Å². The zero-order valence-electron chi connectivity index (χ0n) is 12.2. The van der Waals surface area contributed by atoms with Gasteiger partial charge in [0.1, 0.15) is 5.66 Å². The maximum atomic E-state index is 12.2. The first-order valence-corrected chi connectivity index (χ1v) is 7.24. The van der Waals surface area contributed by atoms with Crippen LogP contribution in [0, 0.1) is 0 Å². The number of amides is 1. The van der Waals surface area contributed by atoms with Gasteiger partial charge in [0.05, 0.1) is 11.3 Å². The predicted molar refractivity (Wildman–Crippen MR) is 79.5 cm³/mol. The van der Waals surface area contributed by atoms with E-state index in [1.54, 1.807) is 0 Å². The largest absolute Gasteiger partial charge is 0.351 e. The molecule has 0 saturated carbocycles. The second-order valence-corrected chi connectivity index (χ2v) is 5.61. The summed E-state index contributed by atoms with van der Waals surface area (Å²) in [5, 5.41) is 3.16. The molecule has 1 amide bonds. The molecule has 3 nitrogen and oxygen atoms in total. The van der Waals surface area contributed by atoms with Crippen molar-refractivity contribution in [3.63, 3.8) is 0 Å². The monoisotopic (exact) mass is 260 g/mol. The van der Waals surface area contributed by atoms with Gasteiger partial charge in [-0.25, -0.2) is 0 Å². The second-order valence-electron chi connectivity index (χ2n) is 5.61. The van der Waals surface area contributed by atoms with Gasteiger partial charge in [0.15, 0.2) is 0 Å². The highest BCUT2D eigenvalue weighted by molar-refractivity contribution is 6.02. The molecule has 0 fully saturated rings. The van der Waals surface area contributed by atoms with E-state index in [4.69, 9.17) is 0 Å². The number of carbonyl (C=O) groups is 1. The van der Waals surface area contributed by atoms with E-state index in [1.807, 2.05) is 24.3 Å². The molecule has 0 bridgehead atoms. The van der Waals surface area contributed by atoms with Crippen molar-refractivity contribution in [2.75, 3.05) is 11.9 Å². The van der Waals surface area contributed by atoms with Crippen molar-refractivity contribution in [3.05, 3.63) is 29.8 Å². The lowest BCUT2D eigenvalue weighted by molar-refractivity contribution is 0.0885. The minimum atomic E-state index is -0.265. The number of nitrogens with one attached hydrogen (secondary N) is 1. The Bertz CT molecular complexity index is 458. The summed E-state index contributed by atoms with van der Waals surface area (Å²) in [6.07, 6.45) is 5.88. The number of anilines is 1. The number of unbranched alkanes of at least 4 members (excludes halogenated alkanes) is 3. The quantitative estimate of drug-likeness (QED) is 0.821. The van der Waals surface area contributed by atoms with Crippen LogP contribution in [0.15, 0.2) is 24.3 Å². The van der Waals surface area contributed by atoms with Gasteiger partial charge >= 0.3 is 0 Å². The van der Waals surface area contributed by atoms with Gasteiger partial charge in [0.2, 0.25) is 0 Å². The molecule has 0 spiro atoms. The Kier molecular flexibility index (Phi) is 4.13. The van der Waals surface area contributed by atoms with Crippen LogP contribution >= 0.6 is 0 Å². The zero-order chi connectivity index (χ0) is 13.9. The molecular formula is C16H24N2O. The van der Waals surface area contributed by atoms with E-state index in [0.29, 0.717) is 0 Å². The van der Waals surface area contributed by atoms with Gasteiger partial charge in [-0.2, -0.15) is 0 Å². The van der Waals surface area contributed by atoms with Crippen LogP contribution in [0.3, 0.4) is 0 Å². The van der Waals surface area contributed by atoms with Crippen molar-refractivity contribution in [2.45, 2.75) is 51.6 Å². The second kappa shape index (κ2) is 5.64. The molecule has 1 aliphatic rings. The Labute approximate surface area is 116 Å². The number of rotatable bonds is 5. The fraction of sp³-hybridized carbons (Fsp3) is 0.562. The topological polar surface area (TPSA) is 32.3 Å². The van der Waals surface area contributed by atoms with E-state index in [2.05, 4.69) is 31.1 Å². The molecule has 104 valence electrons. The molecule has 0 radical (unpaired) electrons. The summed E-state index contributed by atoms with van der Waals surface area (Å²) < 4.78 is 0. The first kappa shape index (κ1) is 13.9. The SMILES string of the molecule is CCCCCCC1(C)NC(=O)c2ccccc2N1C. The van der Waals surface area contributed by atoms with E-state index < -0.39 is 0 Å². The lowest BCUT2D eigenvalue weighted by Gasteiger charge is -2.45. The summed E-state index contributed by atoms with van der Waals surface area (Å²) >= 11 is 0. The number of benzene rings is 1. The molecule has 1 aromatic carbocycles. The number of hydrogen-bond donors (Lipinski definition) is 1. The minimum Gasteiger partial charge on any atom is -0.351 e. The van der Waals surface area contributed by atoms with E-state index in [1.165, 1.54) is 19.3 Å². The highest BCUT2D eigenvalue weighted by atomic mass is 16.2. The van der Waals surface area contributed by atoms with Gasteiger partial charge in [-0.05, 0) is 31.9 Å². The molecule has 3 heteroatoms. The van der Waals surface area contributed by atoms with Crippen molar-refractivity contribution in [2.24, 2.45) is 0 Å². The third-order valence-electron chi connectivity index (χ3n) is 4.15. The molecule has 1 atom stereocenters. The van der Waals surface area contributed by atoms with E-state index in [-0.39, 0.29) is 11.6 Å². The number of carbonyl (C=O) groups excluding carboxylic acids is 1. The van der Waals surface area contributed by atoms with Crippen molar-refractivity contribution in [3.8, 4) is 0 Å². The molecule has 1 N–H and O–H groups in total. The summed E-state index contributed by atoms with van der Waals surface area (Å²) in [7, 11) is 2.07. The van der Waals surface area contributed by atoms with Crippen LogP contribution in [0.5, 0.6) is 0 Å². The van der Waals surface area contributed by atoms with Crippen LogP contribution in [-0.4, -0.2) is 18.6 Å². The highest BCUT2D eigenvalue weighted by Crippen LogP contribution is 2.32. The lowest BCUT2D eigenvalue weighted by atomic mass is 9.95. The summed E-state index contributed by atoms with van der Waals surface area (Å²) in [6, 6.07) is 7.82. The Morgan fingerprint density at radius 2 is 1.95 bits per heavy atom. The first-order chi connectivity index (χ1) is 9.08. The maximum absolute atomic E-state index is 12.2. The fourth-order valence-electron chi connectivity index (χ4n) is 2.75. The predicted octanol–water partition coefficient (Wildman–Crippen LogP) is 3.55. The number of hydrogen-bond acceptors (Lipinski definition) is 2. The summed E-state index contributed by atoms with van der Waals surface area (Å²) in [4.78, 5) is 14.4. The molecule has 1 unspecified atom stereocenters. The van der Waals surface area contributed by atoms with Crippen LogP contribution in [0.2, 0.25) is 0 Å². The molecule has 0 saturated heterocycles. The molecule has 1 aromatic rings. The normalized spacial score (nSPS) is 22.1. The number of nitrogens with zero attached hydrogens (tertiary/aromatic N) is 1. The van der Waals surface area contributed by atoms with Gasteiger partial charge in [0, 0.05) is 7.05 Å². The Balaban J connectivity index is 2.14. The Morgan fingerprint density at radius 3 is 2.68 bits per heavy atom. The molecule has 0 aromatic heterocycles. The minimum absolute atomic E-state index is 0.0479. The third-order valence-corrected chi connectivity index (χ3v) is 4.15. The summed E-state index contributed by atoms with van der Waals surface area (Å²) in [5.74, 6) is 0.0479. The van der Waals surface area contributed by atoms with Gasteiger partial charge < -0.3 is 10.2 Å². The van der Waals surface area contributed by atoms with Crippen LogP contribution in [0.1, 0.15) is 56.3 Å². The van der Waals surface area contributed by atoms with E-state index in [0.717, 1.165) is 24.1 Å². The lowest BCUT2D eigenvalue weighted by Crippen LogP contribution is -2.60. The van der Waals surface area contributed by atoms with Gasteiger partial charge in [-0.3, -0.25) is 4.79 Å². The van der Waals surface area contributed by atoms with E-state index >= 15 is 0 Å². The first-order valence-electron chi connectivity index (χ1n) is 7.24. The number of fused-ring (bicyclic) bond motifs is 1. The average Bonchev–Trinajstić information content (AvgIpc) is 2.41. The standard InChI is InChI=1S/C16H24N2O/c1-4-5-6-9-12-16(2)17-15(19)13-10-7-8-11-14(13)18(16)3/h7-8,10-11H,4-6,9,12H2,1-3H3,(H,17,19). The van der Waals surface area contributed by atoms with Crippen molar-refractivity contribution >= 4 is 11.6 Å². The molecule has 1 heterocycles. The zero-order valence-corrected chi connectivity index (χ0v) is 12.2. The fourth-order valence-corrected chi connectivity index (χ4v) is 2.75. The summed E-state index contributed by atoms with van der Waals surface area (Å²) in [5.41, 5.74) is 1.54. The highest BCUT2D eigenvalue weighted by Gasteiger charge is 2.37. The van der Waals surface area contributed by atoms with Gasteiger partial charge in [-0.15, -0.1) is 0 Å². The summed E-state index contributed by atoms with van der Waals surface area (Å²) in [6.45, 7) is 4.33. The molecule has 2 rings (SSSR count). The van der Waals surface area contributed by atoms with Crippen molar-refractivity contribution in [1.82, 2.24) is 5.32 Å². The molecule has 1 aliphatic heterocycles. The maximum Gasteiger partial charge on any atom is 0.255 e. The average molecular weight is 260 g/mol. The van der Waals surface area contributed by atoms with Gasteiger partial charge in [-0.1, -0.05) is 38.3 Å². The molecular weight excluding hydrogens is 236 g/mol. The Hall–Kier alpha value is -1.51. The Morgan fingerprint density at radius 1 is 1.21 bits per heavy atom. The van der Waals surface area contributed by atoms with Crippen LogP contribution in [0.25, 0.3) is 0 Å². The van der Waals surface area contributed by atoms with Crippen LogP contribution in [-0.2, 0) is 0 Å².